The van der Waals surface area contributed by atoms with Crippen molar-refractivity contribution in [2.75, 3.05) is 31.2 Å². The lowest BCUT2D eigenvalue weighted by Gasteiger charge is -2.28. The van der Waals surface area contributed by atoms with Crippen molar-refractivity contribution in [1.29, 1.82) is 0 Å². The van der Waals surface area contributed by atoms with Gasteiger partial charge in [0.2, 0.25) is 0 Å². The standard InChI is InChI=1S/C25H26N4O3.CH4/c1-17(2)25-26-24-22(14-20(15-23(24)29(30)31)27-10-12-32-13-11-27)28(25)16-19-8-5-7-18-6-3-4-9-21(18)19;/h3-9,14-15,17H,10-13,16H2,1-2H3;1H4. The van der Waals surface area contributed by atoms with Crippen LogP contribution in [0.1, 0.15) is 38.6 Å². The Bertz CT molecular complexity index is 1300. The lowest BCUT2D eigenvalue weighted by Crippen LogP contribution is -2.36. The van der Waals surface area contributed by atoms with Gasteiger partial charge in [-0.3, -0.25) is 10.1 Å². The maximum absolute atomic E-state index is 12.0. The molecule has 0 spiro atoms. The molecule has 7 nitrogen and oxygen atoms in total. The maximum atomic E-state index is 12.0. The summed E-state index contributed by atoms with van der Waals surface area (Å²) in [7, 11) is 0. The summed E-state index contributed by atoms with van der Waals surface area (Å²) in [5.74, 6) is 0.985. The molecule has 0 saturated carbocycles. The van der Waals surface area contributed by atoms with Crippen LogP contribution >= 0.6 is 0 Å². The topological polar surface area (TPSA) is 73.4 Å². The first-order chi connectivity index (χ1) is 15.5. The van der Waals surface area contributed by atoms with Crippen LogP contribution in [-0.2, 0) is 11.3 Å². The highest BCUT2D eigenvalue weighted by Gasteiger charge is 2.25. The number of fused-ring (bicyclic) bond motifs is 2. The third kappa shape index (κ3) is 4.16. The average molecular weight is 447 g/mol. The lowest BCUT2D eigenvalue weighted by atomic mass is 10.0. The summed E-state index contributed by atoms with van der Waals surface area (Å²) in [6.45, 7) is 7.45. The molecule has 3 aromatic carbocycles. The zero-order valence-corrected chi connectivity index (χ0v) is 18.3. The van der Waals surface area contributed by atoms with Gasteiger partial charge in [0.1, 0.15) is 5.82 Å². The zero-order valence-electron chi connectivity index (χ0n) is 18.3. The number of imidazole rings is 1. The molecule has 0 radical (unpaired) electrons. The van der Waals surface area contributed by atoms with Crippen molar-refractivity contribution in [3.63, 3.8) is 0 Å². The monoisotopic (exact) mass is 446 g/mol. The van der Waals surface area contributed by atoms with Crippen molar-refractivity contribution in [3.05, 3.63) is 76.1 Å². The minimum absolute atomic E-state index is 0. The van der Waals surface area contributed by atoms with Gasteiger partial charge in [0, 0.05) is 37.3 Å². The Kier molecular flexibility index (Phi) is 6.33. The molecule has 1 aliphatic heterocycles. The van der Waals surface area contributed by atoms with Crippen LogP contribution in [0.25, 0.3) is 21.8 Å². The van der Waals surface area contributed by atoms with Crippen LogP contribution in [0.15, 0.2) is 54.6 Å². The number of nitrogens with zero attached hydrogens (tertiary/aromatic N) is 4. The van der Waals surface area contributed by atoms with Gasteiger partial charge in [0.05, 0.1) is 23.7 Å². The Labute approximate surface area is 193 Å². The number of anilines is 1. The number of non-ortho nitro benzene ring substituents is 1. The number of aromatic nitrogens is 2. The van der Waals surface area contributed by atoms with E-state index in [9.17, 15) is 10.1 Å². The molecule has 1 saturated heterocycles. The Balaban J connectivity index is 0.00000259. The molecule has 0 atom stereocenters. The number of nitro benzene ring substituents is 1. The van der Waals surface area contributed by atoms with E-state index in [0.717, 1.165) is 30.1 Å². The van der Waals surface area contributed by atoms with Crippen LogP contribution in [0.2, 0.25) is 0 Å². The molecular formula is C26H30N4O3. The van der Waals surface area contributed by atoms with Crippen molar-refractivity contribution in [3.8, 4) is 0 Å². The Hall–Kier alpha value is -3.45. The smallest absolute Gasteiger partial charge is 0.299 e. The first kappa shape index (κ1) is 22.7. The van der Waals surface area contributed by atoms with Crippen LogP contribution in [-0.4, -0.2) is 40.8 Å². The Morgan fingerprint density at radius 3 is 2.55 bits per heavy atom. The zero-order chi connectivity index (χ0) is 22.2. The summed E-state index contributed by atoms with van der Waals surface area (Å²) in [6, 6.07) is 18.3. The van der Waals surface area contributed by atoms with Gasteiger partial charge in [-0.15, -0.1) is 0 Å². The molecule has 0 bridgehead atoms. The van der Waals surface area contributed by atoms with Gasteiger partial charge in [-0.1, -0.05) is 63.7 Å². The second-order valence-electron chi connectivity index (χ2n) is 8.54. The maximum Gasteiger partial charge on any atom is 0.299 e. The normalized spacial score (nSPS) is 14.1. The van der Waals surface area contributed by atoms with Gasteiger partial charge in [0.25, 0.3) is 5.69 Å². The number of rotatable bonds is 5. The molecule has 5 rings (SSSR count). The fraction of sp³-hybridized carbons (Fsp3) is 0.346. The number of nitro groups is 1. The van der Waals surface area contributed by atoms with Gasteiger partial charge in [0.15, 0.2) is 5.52 Å². The molecule has 1 fully saturated rings. The fourth-order valence-electron chi connectivity index (χ4n) is 4.56. The summed E-state index contributed by atoms with van der Waals surface area (Å²) < 4.78 is 7.62. The van der Waals surface area contributed by atoms with E-state index in [4.69, 9.17) is 9.72 Å². The van der Waals surface area contributed by atoms with E-state index in [1.54, 1.807) is 6.07 Å². The second kappa shape index (κ2) is 9.19. The highest BCUT2D eigenvalue weighted by Crippen LogP contribution is 2.35. The third-order valence-electron chi connectivity index (χ3n) is 6.15. The van der Waals surface area contributed by atoms with Gasteiger partial charge in [-0.25, -0.2) is 4.98 Å². The van der Waals surface area contributed by atoms with Crippen molar-refractivity contribution in [1.82, 2.24) is 9.55 Å². The number of hydrogen-bond donors (Lipinski definition) is 0. The molecule has 1 aliphatic rings. The van der Waals surface area contributed by atoms with Crippen molar-refractivity contribution in [2.45, 2.75) is 33.7 Å². The molecule has 0 N–H and O–H groups in total. The summed E-state index contributed by atoms with van der Waals surface area (Å²) in [6.07, 6.45) is 0. The first-order valence-electron chi connectivity index (χ1n) is 11.0. The molecule has 0 aliphatic carbocycles. The summed E-state index contributed by atoms with van der Waals surface area (Å²) in [4.78, 5) is 18.6. The number of hydrogen-bond acceptors (Lipinski definition) is 5. The summed E-state index contributed by atoms with van der Waals surface area (Å²) in [5, 5.41) is 14.4. The molecular weight excluding hydrogens is 416 g/mol. The van der Waals surface area contributed by atoms with E-state index in [1.807, 2.05) is 12.1 Å². The van der Waals surface area contributed by atoms with Crippen LogP contribution < -0.4 is 4.90 Å². The Morgan fingerprint density at radius 2 is 1.82 bits per heavy atom. The van der Waals surface area contributed by atoms with Crippen LogP contribution in [0, 0.1) is 10.1 Å². The molecule has 33 heavy (non-hydrogen) atoms. The van der Waals surface area contributed by atoms with Crippen LogP contribution in [0.4, 0.5) is 11.4 Å². The van der Waals surface area contributed by atoms with Crippen LogP contribution in [0.5, 0.6) is 0 Å². The van der Waals surface area contributed by atoms with Gasteiger partial charge in [-0.05, 0) is 22.4 Å². The van der Waals surface area contributed by atoms with E-state index in [1.165, 1.54) is 16.3 Å². The quantitative estimate of drug-likeness (QED) is 0.289. The highest BCUT2D eigenvalue weighted by molar-refractivity contribution is 5.90. The summed E-state index contributed by atoms with van der Waals surface area (Å²) >= 11 is 0. The van der Waals surface area contributed by atoms with Crippen LogP contribution in [0.3, 0.4) is 0 Å². The molecule has 7 heteroatoms. The van der Waals surface area contributed by atoms with Gasteiger partial charge in [-0.2, -0.15) is 0 Å². The molecule has 4 aromatic rings. The highest BCUT2D eigenvalue weighted by atomic mass is 16.6. The number of ether oxygens (including phenoxy) is 1. The minimum Gasteiger partial charge on any atom is -0.378 e. The van der Waals surface area contributed by atoms with Gasteiger partial charge >= 0.3 is 0 Å². The largest absolute Gasteiger partial charge is 0.378 e. The predicted octanol–water partition coefficient (Wildman–Crippen LogP) is 5.74. The Morgan fingerprint density at radius 1 is 1.09 bits per heavy atom. The average Bonchev–Trinajstić information content (AvgIpc) is 3.18. The van der Waals surface area contributed by atoms with Crippen molar-refractivity contribution < 1.29 is 9.66 Å². The molecule has 172 valence electrons. The minimum atomic E-state index is -0.314. The third-order valence-corrected chi connectivity index (χ3v) is 6.15. The number of morpholine rings is 1. The van der Waals surface area contributed by atoms with Crippen molar-refractivity contribution >= 4 is 33.2 Å². The SMILES string of the molecule is C.CC(C)c1nc2c([N+](=O)[O-])cc(N3CCOCC3)cc2n1Cc1cccc2ccccc12. The van der Waals surface area contributed by atoms with E-state index in [2.05, 4.69) is 59.7 Å². The summed E-state index contributed by atoms with van der Waals surface area (Å²) in [5.41, 5.74) is 3.33. The van der Waals surface area contributed by atoms with E-state index >= 15 is 0 Å². The fourth-order valence-corrected chi connectivity index (χ4v) is 4.56. The first-order valence-corrected chi connectivity index (χ1v) is 11.0. The molecule has 0 amide bonds. The van der Waals surface area contributed by atoms with E-state index in [0.29, 0.717) is 25.3 Å². The van der Waals surface area contributed by atoms with E-state index in [-0.39, 0.29) is 24.0 Å². The second-order valence-corrected chi connectivity index (χ2v) is 8.54. The molecule has 0 unspecified atom stereocenters. The lowest BCUT2D eigenvalue weighted by molar-refractivity contribution is -0.383. The van der Waals surface area contributed by atoms with Gasteiger partial charge < -0.3 is 14.2 Å². The van der Waals surface area contributed by atoms with E-state index < -0.39 is 0 Å². The van der Waals surface area contributed by atoms with Crippen molar-refractivity contribution in [2.24, 2.45) is 0 Å². The predicted molar refractivity (Wildman–Crippen MR) is 133 cm³/mol. The molecule has 2 heterocycles. The number of benzene rings is 3. The molecule has 1 aromatic heterocycles.